The molecule has 0 aromatic rings. The lowest BCUT2D eigenvalue weighted by Crippen LogP contribution is -2.22. The van der Waals surface area contributed by atoms with E-state index in [1.807, 2.05) is 0 Å². The molecule has 2 rings (SSSR count). The van der Waals surface area contributed by atoms with E-state index in [1.54, 1.807) is 0 Å². The van der Waals surface area contributed by atoms with E-state index < -0.39 is 61.1 Å². The fraction of sp³-hybridized carbons (Fsp3) is 0.667. The van der Waals surface area contributed by atoms with Gasteiger partial charge in [0.2, 0.25) is 0 Å². The summed E-state index contributed by atoms with van der Waals surface area (Å²) >= 11 is 0. The highest BCUT2D eigenvalue weighted by Crippen LogP contribution is 2.08. The molecular formula is C24H30O22. The number of rotatable bonds is 18. The quantitative estimate of drug-likeness (QED) is 0.0652. The van der Waals surface area contributed by atoms with Crippen LogP contribution in [0.15, 0.2) is 0 Å². The molecular weight excluding hydrogens is 640 g/mol. The van der Waals surface area contributed by atoms with E-state index in [-0.39, 0.29) is 91.8 Å². The molecule has 2 aliphatic heterocycles. The first kappa shape index (κ1) is 36.8. The zero-order valence-corrected chi connectivity index (χ0v) is 24.0. The van der Waals surface area contributed by atoms with Crippen molar-refractivity contribution in [2.24, 2.45) is 0 Å². The predicted octanol–water partition coefficient (Wildman–Crippen LogP) is 1.23. The topological polar surface area (TPSA) is 266 Å². The smallest absolute Gasteiger partial charge is 0.461 e. The van der Waals surface area contributed by atoms with Crippen molar-refractivity contribution in [1.29, 1.82) is 0 Å². The van der Waals surface area contributed by atoms with Crippen LogP contribution in [0.2, 0.25) is 0 Å². The van der Waals surface area contributed by atoms with Crippen LogP contribution in [0.3, 0.4) is 0 Å². The third-order valence-corrected chi connectivity index (χ3v) is 4.85. The summed E-state index contributed by atoms with van der Waals surface area (Å²) in [5, 5.41) is 0. The Morgan fingerprint density at radius 1 is 0.500 bits per heavy atom. The third-order valence-electron chi connectivity index (χ3n) is 4.85. The SMILES string of the molecule is O=C(CCOC(=O)OCCCOC(=O)OOC(=O)OCCCOC(=O)OCCC(=O)OCC1COC(=O)O1)OCC1COC(=O)O1. The zero-order chi connectivity index (χ0) is 33.6. The maximum atomic E-state index is 11.5. The minimum atomic E-state index is -1.40. The van der Waals surface area contributed by atoms with E-state index in [4.69, 9.17) is 18.9 Å². The Kier molecular flexibility index (Phi) is 17.0. The fourth-order valence-electron chi connectivity index (χ4n) is 2.79. The Hall–Kier alpha value is -5.44. The number of hydrogen-bond donors (Lipinski definition) is 0. The lowest BCUT2D eigenvalue weighted by molar-refractivity contribution is -0.218. The molecule has 0 N–H and O–H groups in total. The molecule has 0 radical (unpaired) electrons. The lowest BCUT2D eigenvalue weighted by Gasteiger charge is -2.09. The first-order valence-electron chi connectivity index (χ1n) is 13.4. The standard InChI is InChI=1S/C24H30O22/c25-17(39-11-15-13-41-21(29)43-15)3-9-37-19(27)33-5-1-7-35-23(31)45-46-24(32)36-8-2-6-34-20(28)38-10-4-18(26)40-12-16-14-42-22(30)44-16/h15-16H,1-14H2. The molecule has 0 spiro atoms. The van der Waals surface area contributed by atoms with Gasteiger partial charge in [0.05, 0.1) is 39.3 Å². The molecule has 0 aliphatic carbocycles. The molecule has 0 bridgehead atoms. The molecule has 46 heavy (non-hydrogen) atoms. The van der Waals surface area contributed by atoms with Crippen molar-refractivity contribution in [3.8, 4) is 0 Å². The van der Waals surface area contributed by atoms with Gasteiger partial charge in [0.15, 0.2) is 12.2 Å². The number of cyclic esters (lactones) is 4. The van der Waals surface area contributed by atoms with Crippen LogP contribution in [0.5, 0.6) is 0 Å². The van der Waals surface area contributed by atoms with Crippen molar-refractivity contribution in [3.63, 3.8) is 0 Å². The van der Waals surface area contributed by atoms with Gasteiger partial charge < -0.3 is 56.8 Å². The summed E-state index contributed by atoms with van der Waals surface area (Å²) in [4.78, 5) is 98.4. The average molecular weight is 670 g/mol. The summed E-state index contributed by atoms with van der Waals surface area (Å²) in [6.45, 7) is -2.21. The Labute approximate surface area is 258 Å². The van der Waals surface area contributed by atoms with E-state index in [0.717, 1.165) is 0 Å². The molecule has 2 saturated heterocycles. The molecule has 22 nitrogen and oxygen atoms in total. The Balaban J connectivity index is 1.34. The summed E-state index contributed by atoms with van der Waals surface area (Å²) in [7, 11) is 0. The predicted molar refractivity (Wildman–Crippen MR) is 132 cm³/mol. The first-order valence-corrected chi connectivity index (χ1v) is 13.4. The summed E-state index contributed by atoms with van der Waals surface area (Å²) in [5.74, 6) is -1.42. The van der Waals surface area contributed by atoms with Gasteiger partial charge in [0.25, 0.3) is 0 Å². The highest BCUT2D eigenvalue weighted by atomic mass is 17.3. The summed E-state index contributed by atoms with van der Waals surface area (Å²) in [6, 6.07) is 0. The van der Waals surface area contributed by atoms with Crippen molar-refractivity contribution in [2.75, 3.05) is 66.1 Å². The van der Waals surface area contributed by atoms with Crippen LogP contribution in [-0.4, -0.2) is 127 Å². The zero-order valence-electron chi connectivity index (χ0n) is 24.0. The van der Waals surface area contributed by atoms with Crippen LogP contribution in [-0.2, 0) is 76.2 Å². The lowest BCUT2D eigenvalue weighted by atomic mass is 10.4. The summed E-state index contributed by atoms with van der Waals surface area (Å²) < 4.78 is 55.9. The largest absolute Gasteiger partial charge is 0.549 e. The van der Waals surface area contributed by atoms with Crippen LogP contribution >= 0.6 is 0 Å². The van der Waals surface area contributed by atoms with Crippen molar-refractivity contribution >= 4 is 48.9 Å². The minimum absolute atomic E-state index is 0.0141. The monoisotopic (exact) mass is 670 g/mol. The number of ether oxygens (including phenoxy) is 12. The van der Waals surface area contributed by atoms with Crippen molar-refractivity contribution in [1.82, 2.24) is 0 Å². The van der Waals surface area contributed by atoms with Gasteiger partial charge in [-0.1, -0.05) is 0 Å². The highest BCUT2D eigenvalue weighted by Gasteiger charge is 2.27. The fourth-order valence-corrected chi connectivity index (χ4v) is 2.79. The van der Waals surface area contributed by atoms with Gasteiger partial charge in [0.1, 0.15) is 39.6 Å². The molecule has 2 atom stereocenters. The molecule has 0 aromatic heterocycles. The second-order valence-corrected chi connectivity index (χ2v) is 8.43. The van der Waals surface area contributed by atoms with E-state index in [9.17, 15) is 38.4 Å². The van der Waals surface area contributed by atoms with Gasteiger partial charge in [-0.25, -0.2) is 19.2 Å². The number of carbonyl (C=O) groups is 8. The van der Waals surface area contributed by atoms with Crippen molar-refractivity contribution in [3.05, 3.63) is 0 Å². The maximum absolute atomic E-state index is 11.5. The second kappa shape index (κ2) is 21.3. The Morgan fingerprint density at radius 3 is 1.20 bits per heavy atom. The van der Waals surface area contributed by atoms with Crippen LogP contribution in [0.4, 0.5) is 28.8 Å². The van der Waals surface area contributed by atoms with Crippen LogP contribution in [0.1, 0.15) is 25.7 Å². The molecule has 2 heterocycles. The average Bonchev–Trinajstić information content (AvgIpc) is 3.64. The van der Waals surface area contributed by atoms with Gasteiger partial charge in [-0.2, -0.15) is 19.4 Å². The second-order valence-electron chi connectivity index (χ2n) is 8.43. The summed E-state index contributed by atoms with van der Waals surface area (Å²) in [6.07, 6.45) is -8.63. The number of hydrogen-bond acceptors (Lipinski definition) is 22. The van der Waals surface area contributed by atoms with Crippen molar-refractivity contribution < 1.29 is 105 Å². The van der Waals surface area contributed by atoms with E-state index in [0.29, 0.717) is 0 Å². The van der Waals surface area contributed by atoms with E-state index in [2.05, 4.69) is 47.7 Å². The Bertz CT molecular complexity index is 975. The molecule has 2 fully saturated rings. The maximum Gasteiger partial charge on any atom is 0.549 e. The van der Waals surface area contributed by atoms with Gasteiger partial charge >= 0.3 is 48.9 Å². The first-order chi connectivity index (χ1) is 22.1. The highest BCUT2D eigenvalue weighted by molar-refractivity contribution is 5.71. The molecule has 0 amide bonds. The molecule has 258 valence electrons. The van der Waals surface area contributed by atoms with Crippen LogP contribution in [0, 0.1) is 0 Å². The van der Waals surface area contributed by atoms with E-state index >= 15 is 0 Å². The van der Waals surface area contributed by atoms with Crippen LogP contribution in [0.25, 0.3) is 0 Å². The summed E-state index contributed by atoms with van der Waals surface area (Å²) in [5.41, 5.74) is 0. The number of carbonyl (C=O) groups excluding carboxylic acids is 8. The van der Waals surface area contributed by atoms with Gasteiger partial charge in [-0.3, -0.25) is 9.59 Å². The molecule has 22 heteroatoms. The molecule has 2 unspecified atom stereocenters. The minimum Gasteiger partial charge on any atom is -0.461 e. The molecule has 0 aromatic carbocycles. The third kappa shape index (κ3) is 17.6. The van der Waals surface area contributed by atoms with Gasteiger partial charge in [-0.05, 0) is 0 Å². The van der Waals surface area contributed by atoms with Gasteiger partial charge in [-0.15, -0.1) is 0 Å². The number of esters is 2. The Morgan fingerprint density at radius 2 is 0.848 bits per heavy atom. The molecule has 0 saturated carbocycles. The van der Waals surface area contributed by atoms with E-state index in [1.165, 1.54) is 0 Å². The normalized spacial score (nSPS) is 16.3. The molecule has 2 aliphatic rings. The van der Waals surface area contributed by atoms with Crippen LogP contribution < -0.4 is 0 Å². The van der Waals surface area contributed by atoms with Crippen molar-refractivity contribution in [2.45, 2.75) is 37.9 Å². The van der Waals surface area contributed by atoms with Gasteiger partial charge in [0, 0.05) is 12.8 Å².